The topological polar surface area (TPSA) is 72.2 Å². The zero-order valence-corrected chi connectivity index (χ0v) is 11.0. The van der Waals surface area contributed by atoms with Crippen LogP contribution in [0.5, 0.6) is 0 Å². The van der Waals surface area contributed by atoms with Crippen LogP contribution in [-0.2, 0) is 17.3 Å². The van der Waals surface area contributed by atoms with E-state index in [1.54, 1.807) is 6.26 Å². The van der Waals surface area contributed by atoms with Crippen molar-refractivity contribution in [3.05, 3.63) is 39.7 Å². The molecule has 0 aliphatic heterocycles. The minimum atomic E-state index is -0.908. The normalized spacial score (nSPS) is 14.2. The predicted molar refractivity (Wildman–Crippen MR) is 68.3 cm³/mol. The number of nitro groups is 1. The summed E-state index contributed by atoms with van der Waals surface area (Å²) in [6, 6.07) is 3.79. The van der Waals surface area contributed by atoms with E-state index in [2.05, 4.69) is 5.32 Å². The summed E-state index contributed by atoms with van der Waals surface area (Å²) in [6.45, 7) is 2.78. The molecule has 0 aliphatic rings. The van der Waals surface area contributed by atoms with Gasteiger partial charge in [-0.25, -0.2) is 0 Å². The lowest BCUT2D eigenvalue weighted by molar-refractivity contribution is -0.387. The van der Waals surface area contributed by atoms with Gasteiger partial charge in [0.15, 0.2) is 0 Å². The Morgan fingerprint density at radius 3 is 2.72 bits per heavy atom. The number of hydrogen-bond acceptors (Lipinski definition) is 4. The van der Waals surface area contributed by atoms with Gasteiger partial charge >= 0.3 is 5.69 Å². The Balaban J connectivity index is 2.56. The molecule has 0 saturated carbocycles. The van der Waals surface area contributed by atoms with Crippen LogP contribution in [0.1, 0.15) is 12.5 Å². The van der Waals surface area contributed by atoms with E-state index in [1.807, 2.05) is 6.92 Å². The van der Waals surface area contributed by atoms with Gasteiger partial charge in [-0.15, -0.1) is 0 Å². The highest BCUT2D eigenvalue weighted by molar-refractivity contribution is 7.84. The molecule has 0 bridgehead atoms. The highest BCUT2D eigenvalue weighted by Gasteiger charge is 2.13. The fraction of sp³-hybridized carbons (Fsp3) is 0.455. The Kier molecular flexibility index (Phi) is 5.36. The number of rotatable bonds is 6. The van der Waals surface area contributed by atoms with Gasteiger partial charge in [0.2, 0.25) is 5.82 Å². The summed E-state index contributed by atoms with van der Waals surface area (Å²) in [5.74, 6) is -0.841. The first-order valence-electron chi connectivity index (χ1n) is 5.37. The summed E-state index contributed by atoms with van der Waals surface area (Å²) < 4.78 is 24.4. The van der Waals surface area contributed by atoms with E-state index >= 15 is 0 Å². The first kappa shape index (κ1) is 14.7. The van der Waals surface area contributed by atoms with Crippen molar-refractivity contribution in [1.29, 1.82) is 0 Å². The van der Waals surface area contributed by atoms with Gasteiger partial charge in [-0.05, 0) is 18.6 Å². The van der Waals surface area contributed by atoms with Crippen LogP contribution in [-0.4, -0.2) is 27.2 Å². The molecule has 5 nitrogen and oxygen atoms in total. The van der Waals surface area contributed by atoms with Gasteiger partial charge in [0, 0.05) is 41.5 Å². The van der Waals surface area contributed by atoms with E-state index in [1.165, 1.54) is 6.07 Å². The molecule has 1 aromatic carbocycles. The monoisotopic (exact) mass is 274 g/mol. The fourth-order valence-corrected chi connectivity index (χ4v) is 1.70. The average Bonchev–Trinajstić information content (AvgIpc) is 2.28. The summed E-state index contributed by atoms with van der Waals surface area (Å²) in [4.78, 5) is 9.67. The van der Waals surface area contributed by atoms with Crippen molar-refractivity contribution < 1.29 is 13.5 Å². The van der Waals surface area contributed by atoms with Gasteiger partial charge in [-0.1, -0.05) is 6.07 Å². The van der Waals surface area contributed by atoms with Crippen molar-refractivity contribution in [2.24, 2.45) is 0 Å². The van der Waals surface area contributed by atoms with Crippen molar-refractivity contribution in [3.8, 4) is 0 Å². The first-order chi connectivity index (χ1) is 8.41. The number of nitrogens with zero attached hydrogens (tertiary/aromatic N) is 1. The lowest BCUT2D eigenvalue weighted by Gasteiger charge is -2.09. The van der Waals surface area contributed by atoms with Crippen LogP contribution in [0.2, 0.25) is 0 Å². The fourth-order valence-electron chi connectivity index (χ4n) is 1.35. The quantitative estimate of drug-likeness (QED) is 0.631. The zero-order chi connectivity index (χ0) is 13.7. The van der Waals surface area contributed by atoms with Crippen LogP contribution >= 0.6 is 0 Å². The third-order valence-electron chi connectivity index (χ3n) is 2.54. The molecule has 100 valence electrons. The molecule has 0 aliphatic carbocycles. The van der Waals surface area contributed by atoms with E-state index in [-0.39, 0.29) is 5.25 Å². The summed E-state index contributed by atoms with van der Waals surface area (Å²) in [7, 11) is -0.908. The van der Waals surface area contributed by atoms with Crippen LogP contribution in [0.4, 0.5) is 10.1 Å². The summed E-state index contributed by atoms with van der Waals surface area (Å²) >= 11 is 0. The van der Waals surface area contributed by atoms with Gasteiger partial charge in [-0.3, -0.25) is 14.3 Å². The number of halogens is 1. The molecule has 0 fully saturated rings. The number of benzene rings is 1. The predicted octanol–water partition coefficient (Wildman–Crippen LogP) is 1.59. The maximum Gasteiger partial charge on any atom is 0.304 e. The second kappa shape index (κ2) is 6.55. The lowest BCUT2D eigenvalue weighted by Crippen LogP contribution is -2.27. The summed E-state index contributed by atoms with van der Waals surface area (Å²) in [6.07, 6.45) is 1.62. The largest absolute Gasteiger partial charge is 0.311 e. The number of hydrogen-bond donors (Lipinski definition) is 1. The summed E-state index contributed by atoms with van der Waals surface area (Å²) in [5, 5.41) is 13.5. The smallest absolute Gasteiger partial charge is 0.304 e. The minimum Gasteiger partial charge on any atom is -0.311 e. The highest BCUT2D eigenvalue weighted by Crippen LogP contribution is 2.17. The minimum absolute atomic E-state index is 0.00731. The number of nitro benzene ring substituents is 1. The first-order valence-corrected chi connectivity index (χ1v) is 6.99. The molecule has 0 spiro atoms. The molecule has 7 heteroatoms. The molecular weight excluding hydrogens is 259 g/mol. The molecule has 0 heterocycles. The Morgan fingerprint density at radius 1 is 1.56 bits per heavy atom. The van der Waals surface area contributed by atoms with Crippen molar-refractivity contribution in [1.82, 2.24) is 5.32 Å². The second-order valence-corrected chi connectivity index (χ2v) is 5.78. The highest BCUT2D eigenvalue weighted by atomic mass is 32.2. The molecule has 1 rings (SSSR count). The van der Waals surface area contributed by atoms with Gasteiger partial charge in [-0.2, -0.15) is 4.39 Å². The third kappa shape index (κ3) is 4.15. The van der Waals surface area contributed by atoms with Crippen LogP contribution < -0.4 is 5.32 Å². The van der Waals surface area contributed by atoms with Crippen LogP contribution in [0.3, 0.4) is 0 Å². The van der Waals surface area contributed by atoms with E-state index in [0.29, 0.717) is 18.7 Å². The third-order valence-corrected chi connectivity index (χ3v) is 3.84. The lowest BCUT2D eigenvalue weighted by atomic mass is 10.2. The molecule has 0 radical (unpaired) electrons. The molecular formula is C11H15FN2O3S. The maximum absolute atomic E-state index is 13.3. The van der Waals surface area contributed by atoms with E-state index in [9.17, 15) is 18.7 Å². The second-order valence-electron chi connectivity index (χ2n) is 3.98. The van der Waals surface area contributed by atoms with Crippen molar-refractivity contribution in [2.75, 3.05) is 12.8 Å². The Morgan fingerprint density at radius 2 is 2.22 bits per heavy atom. The maximum atomic E-state index is 13.3. The van der Waals surface area contributed by atoms with Crippen molar-refractivity contribution in [2.45, 2.75) is 18.7 Å². The van der Waals surface area contributed by atoms with E-state index < -0.39 is 27.2 Å². The molecule has 0 saturated heterocycles. The summed E-state index contributed by atoms with van der Waals surface area (Å²) in [5.41, 5.74) is 0.0916. The van der Waals surface area contributed by atoms with Gasteiger partial charge in [0.05, 0.1) is 4.92 Å². The van der Waals surface area contributed by atoms with Crippen LogP contribution in [0.15, 0.2) is 18.2 Å². The van der Waals surface area contributed by atoms with E-state index in [0.717, 1.165) is 12.1 Å². The van der Waals surface area contributed by atoms with Gasteiger partial charge < -0.3 is 5.32 Å². The molecule has 1 N–H and O–H groups in total. The number of nitrogens with one attached hydrogen (secondary N) is 1. The standard InChI is InChI=1S/C11H15FN2O3S/c1-8(18(2)17)6-13-7-9-3-4-11(14(15)16)10(12)5-9/h3-5,8,13H,6-7H2,1-2H3. The molecule has 2 unspecified atom stereocenters. The van der Waals surface area contributed by atoms with Crippen molar-refractivity contribution >= 4 is 16.5 Å². The zero-order valence-electron chi connectivity index (χ0n) is 10.2. The van der Waals surface area contributed by atoms with Gasteiger partial charge in [0.1, 0.15) is 0 Å². The SMILES string of the molecule is CC(CNCc1ccc([N+](=O)[O-])c(F)c1)S(C)=O. The Hall–Kier alpha value is -1.34. The average molecular weight is 274 g/mol. The van der Waals surface area contributed by atoms with Gasteiger partial charge in [0.25, 0.3) is 0 Å². The molecule has 18 heavy (non-hydrogen) atoms. The molecule has 1 aromatic rings. The Bertz CT molecular complexity index is 468. The Labute approximate surface area is 107 Å². The van der Waals surface area contributed by atoms with E-state index in [4.69, 9.17) is 0 Å². The van der Waals surface area contributed by atoms with Crippen molar-refractivity contribution in [3.63, 3.8) is 0 Å². The molecule has 2 atom stereocenters. The molecule has 0 aromatic heterocycles. The molecule has 0 amide bonds. The van der Waals surface area contributed by atoms with Crippen LogP contribution in [0, 0.1) is 15.9 Å². The van der Waals surface area contributed by atoms with Crippen LogP contribution in [0.25, 0.3) is 0 Å².